The summed E-state index contributed by atoms with van der Waals surface area (Å²) in [6, 6.07) is 2.53. The molecule has 4 heteroatoms. The van der Waals surface area contributed by atoms with Crippen molar-refractivity contribution < 1.29 is 4.74 Å². The second-order valence-corrected chi connectivity index (χ2v) is 7.58. The van der Waals surface area contributed by atoms with Crippen LogP contribution in [0.15, 0.2) is 12.3 Å². The van der Waals surface area contributed by atoms with Crippen LogP contribution in [0, 0.1) is 11.8 Å². The van der Waals surface area contributed by atoms with E-state index in [-0.39, 0.29) is 0 Å². The molecule has 0 aliphatic heterocycles. The molecular formula is C19H29ClN2O. The van der Waals surface area contributed by atoms with Crippen LogP contribution in [0.2, 0.25) is 5.02 Å². The van der Waals surface area contributed by atoms with Crippen molar-refractivity contribution in [1.82, 2.24) is 4.98 Å². The van der Waals surface area contributed by atoms with Crippen LogP contribution in [-0.2, 0) is 11.3 Å². The molecular weight excluding hydrogens is 308 g/mol. The summed E-state index contributed by atoms with van der Waals surface area (Å²) in [6.07, 6.45) is 14.4. The summed E-state index contributed by atoms with van der Waals surface area (Å²) in [5.41, 5.74) is 1.82. The van der Waals surface area contributed by atoms with Gasteiger partial charge >= 0.3 is 0 Å². The lowest BCUT2D eigenvalue weighted by molar-refractivity contribution is 0.181. The number of pyridine rings is 1. The molecule has 1 aromatic heterocycles. The molecule has 1 heterocycles. The monoisotopic (exact) mass is 336 g/mol. The summed E-state index contributed by atoms with van der Waals surface area (Å²) in [7, 11) is 1.67. The lowest BCUT2D eigenvalue weighted by Gasteiger charge is -2.36. The minimum Gasteiger partial charge on any atom is -0.381 e. The zero-order valence-corrected chi connectivity index (χ0v) is 14.9. The maximum atomic E-state index is 6.45. The predicted molar refractivity (Wildman–Crippen MR) is 95.9 cm³/mol. The van der Waals surface area contributed by atoms with Gasteiger partial charge in [-0.05, 0) is 43.6 Å². The van der Waals surface area contributed by atoms with Crippen molar-refractivity contribution in [2.75, 3.05) is 12.4 Å². The Bertz CT molecular complexity index is 494. The number of ether oxygens (including phenoxy) is 1. The minimum atomic E-state index is 0.461. The van der Waals surface area contributed by atoms with Crippen LogP contribution in [0.25, 0.3) is 0 Å². The van der Waals surface area contributed by atoms with E-state index >= 15 is 0 Å². The normalized spacial score (nSPS) is 26.2. The Hall–Kier alpha value is -0.800. The fraction of sp³-hybridized carbons (Fsp3) is 0.737. The Morgan fingerprint density at radius 2 is 1.78 bits per heavy atom. The number of halogens is 1. The molecule has 128 valence electrons. The smallest absolute Gasteiger partial charge is 0.0900 e. The minimum absolute atomic E-state index is 0.461. The van der Waals surface area contributed by atoms with Crippen LogP contribution in [0.1, 0.15) is 63.5 Å². The molecule has 0 radical (unpaired) electrons. The molecule has 1 aromatic rings. The molecule has 0 unspecified atom stereocenters. The Labute approximate surface area is 145 Å². The van der Waals surface area contributed by atoms with Gasteiger partial charge in [-0.3, -0.25) is 4.98 Å². The fourth-order valence-electron chi connectivity index (χ4n) is 4.40. The summed E-state index contributed by atoms with van der Waals surface area (Å²) in [4.78, 5) is 4.30. The van der Waals surface area contributed by atoms with Crippen molar-refractivity contribution in [2.45, 2.75) is 70.4 Å². The molecule has 0 saturated heterocycles. The number of hydrogen-bond acceptors (Lipinski definition) is 3. The highest BCUT2D eigenvalue weighted by Gasteiger charge is 2.28. The zero-order valence-electron chi connectivity index (χ0n) is 14.2. The van der Waals surface area contributed by atoms with E-state index in [1.54, 1.807) is 7.11 Å². The molecule has 2 saturated carbocycles. The van der Waals surface area contributed by atoms with Gasteiger partial charge in [0, 0.05) is 19.3 Å². The highest BCUT2D eigenvalue weighted by molar-refractivity contribution is 6.33. The number of methoxy groups -OCH3 is 1. The first-order valence-electron chi connectivity index (χ1n) is 9.16. The fourth-order valence-corrected chi connectivity index (χ4v) is 4.62. The number of rotatable bonds is 5. The Balaban J connectivity index is 1.53. The van der Waals surface area contributed by atoms with Gasteiger partial charge in [0.15, 0.2) is 0 Å². The Kier molecular flexibility index (Phi) is 6.18. The summed E-state index contributed by atoms with van der Waals surface area (Å²) in [5.74, 6) is 1.97. The van der Waals surface area contributed by atoms with Crippen LogP contribution >= 0.6 is 11.6 Å². The quantitative estimate of drug-likeness (QED) is 0.778. The lowest BCUT2D eigenvalue weighted by atomic mass is 9.72. The Morgan fingerprint density at radius 3 is 2.48 bits per heavy atom. The van der Waals surface area contributed by atoms with E-state index in [1.165, 1.54) is 57.8 Å². The van der Waals surface area contributed by atoms with E-state index in [9.17, 15) is 0 Å². The van der Waals surface area contributed by atoms with Gasteiger partial charge in [0.1, 0.15) is 0 Å². The first-order valence-corrected chi connectivity index (χ1v) is 9.54. The van der Waals surface area contributed by atoms with E-state index in [2.05, 4.69) is 10.3 Å². The van der Waals surface area contributed by atoms with E-state index in [1.807, 2.05) is 12.3 Å². The van der Waals surface area contributed by atoms with Crippen LogP contribution in [0.3, 0.4) is 0 Å². The molecule has 0 amide bonds. The van der Waals surface area contributed by atoms with Gasteiger partial charge in [0.2, 0.25) is 0 Å². The molecule has 2 fully saturated rings. The summed E-state index contributed by atoms with van der Waals surface area (Å²) < 4.78 is 5.16. The molecule has 0 spiro atoms. The van der Waals surface area contributed by atoms with Crippen LogP contribution in [0.5, 0.6) is 0 Å². The average molecular weight is 337 g/mol. The van der Waals surface area contributed by atoms with E-state index in [4.69, 9.17) is 16.3 Å². The zero-order chi connectivity index (χ0) is 16.1. The molecule has 3 nitrogen and oxygen atoms in total. The van der Waals surface area contributed by atoms with Gasteiger partial charge in [0.05, 0.1) is 23.0 Å². The summed E-state index contributed by atoms with van der Waals surface area (Å²) in [6.45, 7) is 0.461. The SMILES string of the molecule is COCc1nccc(NC2CCC(C3CCCCC3)CC2)c1Cl. The molecule has 23 heavy (non-hydrogen) atoms. The van der Waals surface area contributed by atoms with Gasteiger partial charge in [-0.2, -0.15) is 0 Å². The molecule has 0 atom stereocenters. The third-order valence-corrected chi connectivity index (χ3v) is 6.11. The van der Waals surface area contributed by atoms with E-state index in [0.717, 1.165) is 23.2 Å². The average Bonchev–Trinajstić information content (AvgIpc) is 2.60. The van der Waals surface area contributed by atoms with Gasteiger partial charge in [-0.1, -0.05) is 43.7 Å². The van der Waals surface area contributed by atoms with Crippen LogP contribution < -0.4 is 5.32 Å². The van der Waals surface area contributed by atoms with Crippen LogP contribution in [-0.4, -0.2) is 18.1 Å². The number of anilines is 1. The van der Waals surface area contributed by atoms with Crippen molar-refractivity contribution >= 4 is 17.3 Å². The number of hydrogen-bond donors (Lipinski definition) is 1. The summed E-state index contributed by atoms with van der Waals surface area (Å²) in [5, 5.41) is 4.36. The standard InChI is InChI=1S/C19H29ClN2O/c1-23-13-18-19(20)17(11-12-21-18)22-16-9-7-15(8-10-16)14-5-3-2-4-6-14/h11-12,14-16H,2-10,13H2,1H3,(H,21,22). The van der Waals surface area contributed by atoms with Crippen molar-refractivity contribution in [3.05, 3.63) is 23.0 Å². The van der Waals surface area contributed by atoms with Crippen molar-refractivity contribution in [1.29, 1.82) is 0 Å². The third-order valence-electron chi connectivity index (χ3n) is 5.69. The molecule has 2 aliphatic carbocycles. The first-order chi connectivity index (χ1) is 11.3. The second-order valence-electron chi connectivity index (χ2n) is 7.21. The maximum Gasteiger partial charge on any atom is 0.0900 e. The molecule has 1 N–H and O–H groups in total. The topological polar surface area (TPSA) is 34.1 Å². The van der Waals surface area contributed by atoms with Crippen molar-refractivity contribution in [2.24, 2.45) is 11.8 Å². The van der Waals surface area contributed by atoms with Gasteiger partial charge < -0.3 is 10.1 Å². The van der Waals surface area contributed by atoms with Crippen LogP contribution in [0.4, 0.5) is 5.69 Å². The Morgan fingerprint density at radius 1 is 1.09 bits per heavy atom. The highest BCUT2D eigenvalue weighted by Crippen LogP contribution is 2.39. The van der Waals surface area contributed by atoms with Crippen molar-refractivity contribution in [3.63, 3.8) is 0 Å². The highest BCUT2D eigenvalue weighted by atomic mass is 35.5. The van der Waals surface area contributed by atoms with Gasteiger partial charge in [-0.15, -0.1) is 0 Å². The summed E-state index contributed by atoms with van der Waals surface area (Å²) >= 11 is 6.45. The van der Waals surface area contributed by atoms with E-state index < -0.39 is 0 Å². The molecule has 3 rings (SSSR count). The number of nitrogens with zero attached hydrogens (tertiary/aromatic N) is 1. The molecule has 0 aromatic carbocycles. The number of aromatic nitrogens is 1. The molecule has 0 bridgehead atoms. The maximum absolute atomic E-state index is 6.45. The first kappa shape index (κ1) is 17.0. The van der Waals surface area contributed by atoms with Gasteiger partial charge in [-0.25, -0.2) is 0 Å². The lowest BCUT2D eigenvalue weighted by Crippen LogP contribution is -2.30. The predicted octanol–water partition coefficient (Wildman–Crippen LogP) is 5.43. The second kappa shape index (κ2) is 8.34. The molecule has 2 aliphatic rings. The van der Waals surface area contributed by atoms with Crippen molar-refractivity contribution in [3.8, 4) is 0 Å². The largest absolute Gasteiger partial charge is 0.381 e. The third kappa shape index (κ3) is 4.39. The number of nitrogens with one attached hydrogen (secondary N) is 1. The van der Waals surface area contributed by atoms with E-state index in [0.29, 0.717) is 17.7 Å². The van der Waals surface area contributed by atoms with Gasteiger partial charge in [0.25, 0.3) is 0 Å².